The van der Waals surface area contributed by atoms with Gasteiger partial charge in [-0.15, -0.1) is 0 Å². The minimum absolute atomic E-state index is 0.245. The first-order chi connectivity index (χ1) is 19.9. The van der Waals surface area contributed by atoms with Crippen LogP contribution in [-0.2, 0) is 20.8 Å². The predicted octanol–water partition coefficient (Wildman–Crippen LogP) is 5.79. The van der Waals surface area contributed by atoms with E-state index in [1.54, 1.807) is 72.8 Å². The zero-order valence-corrected chi connectivity index (χ0v) is 23.4. The van der Waals surface area contributed by atoms with Gasteiger partial charge in [0.15, 0.2) is 6.04 Å². The molecule has 41 heavy (non-hydrogen) atoms. The van der Waals surface area contributed by atoms with Gasteiger partial charge in [0.2, 0.25) is 5.91 Å². The fraction of sp³-hybridized carbons (Fsp3) is 0.156. The number of nitrogens with one attached hydrogen (secondary N) is 1. The second-order valence-electron chi connectivity index (χ2n) is 9.66. The van der Waals surface area contributed by atoms with E-state index in [2.05, 4.69) is 5.32 Å². The Hall–Kier alpha value is -4.17. The number of carbonyl (C=O) groups is 3. The second-order valence-corrected chi connectivity index (χ2v) is 10.5. The minimum atomic E-state index is -1.27. The van der Waals surface area contributed by atoms with Crippen LogP contribution >= 0.6 is 23.2 Å². The number of halogens is 2. The van der Waals surface area contributed by atoms with Gasteiger partial charge in [-0.3, -0.25) is 9.59 Å². The topological polar surface area (TPSA) is 102 Å². The van der Waals surface area contributed by atoms with E-state index in [4.69, 9.17) is 33.9 Å². The van der Waals surface area contributed by atoms with Crippen molar-refractivity contribution in [2.75, 3.05) is 6.54 Å². The number of rotatable bonds is 8. The van der Waals surface area contributed by atoms with Crippen LogP contribution in [0, 0.1) is 0 Å². The molecule has 4 aromatic rings. The maximum atomic E-state index is 14.3. The van der Waals surface area contributed by atoms with Gasteiger partial charge in [0.05, 0.1) is 12.0 Å². The molecule has 5 rings (SSSR count). The molecule has 0 aliphatic carbocycles. The smallest absolute Gasteiger partial charge is 0.352 e. The number of benzene rings is 4. The number of hydrogen-bond acceptors (Lipinski definition) is 5. The molecule has 4 aromatic carbocycles. The Morgan fingerprint density at radius 2 is 1.54 bits per heavy atom. The van der Waals surface area contributed by atoms with Gasteiger partial charge in [0.1, 0.15) is 0 Å². The third-order valence-corrected chi connectivity index (χ3v) is 7.79. The Morgan fingerprint density at radius 1 is 0.878 bits per heavy atom. The van der Waals surface area contributed by atoms with Crippen molar-refractivity contribution >= 4 is 41.0 Å². The fourth-order valence-corrected chi connectivity index (χ4v) is 5.91. The summed E-state index contributed by atoms with van der Waals surface area (Å²) in [5.74, 6) is 2.82. The van der Waals surface area contributed by atoms with E-state index in [1.165, 1.54) is 4.90 Å². The van der Waals surface area contributed by atoms with Crippen LogP contribution in [0.1, 0.15) is 50.6 Å². The van der Waals surface area contributed by atoms with Crippen molar-refractivity contribution in [2.45, 2.75) is 24.4 Å². The SMILES string of the molecule is NOC(=O)[C@H](c1ccccc1)N1C(=O)c2ccccc2C(C(=O)NCCc2ccccc2)C1c1ccc(Cl)cc1Cl. The van der Waals surface area contributed by atoms with E-state index in [1.807, 2.05) is 30.3 Å². The molecule has 208 valence electrons. The van der Waals surface area contributed by atoms with Crippen LogP contribution in [0.3, 0.4) is 0 Å². The van der Waals surface area contributed by atoms with Gasteiger partial charge in [-0.2, -0.15) is 5.90 Å². The summed E-state index contributed by atoms with van der Waals surface area (Å²) >= 11 is 13.0. The highest BCUT2D eigenvalue weighted by atomic mass is 35.5. The van der Waals surface area contributed by atoms with E-state index < -0.39 is 29.9 Å². The molecule has 3 atom stereocenters. The average molecular weight is 588 g/mol. The summed E-state index contributed by atoms with van der Waals surface area (Å²) in [6.45, 7) is 0.365. The Morgan fingerprint density at radius 3 is 2.22 bits per heavy atom. The summed E-state index contributed by atoms with van der Waals surface area (Å²) in [5.41, 5.74) is 2.81. The first kappa shape index (κ1) is 28.4. The zero-order valence-electron chi connectivity index (χ0n) is 21.9. The van der Waals surface area contributed by atoms with Crippen LogP contribution < -0.4 is 11.2 Å². The number of carbonyl (C=O) groups excluding carboxylic acids is 3. The van der Waals surface area contributed by atoms with Crippen molar-refractivity contribution in [3.05, 3.63) is 141 Å². The van der Waals surface area contributed by atoms with Gasteiger partial charge >= 0.3 is 5.97 Å². The molecule has 1 heterocycles. The van der Waals surface area contributed by atoms with Gasteiger partial charge in [0, 0.05) is 22.2 Å². The second kappa shape index (κ2) is 12.6. The standard InChI is InChI=1S/C32H27Cl2N3O4/c33-22-15-16-25(26(34)19-22)29-27(30(38)36-18-17-20-9-3-1-4-10-20)23-13-7-8-14-24(23)31(39)37(29)28(32(40)41-35)21-11-5-2-6-12-21/h1-16,19,27-29H,17-18,35H2,(H,36,38)/t27?,28-,29?/m0/s1. The number of amides is 2. The average Bonchev–Trinajstić information content (AvgIpc) is 2.99. The Labute approximate surface area is 247 Å². The van der Waals surface area contributed by atoms with Crippen LogP contribution in [0.2, 0.25) is 10.0 Å². The van der Waals surface area contributed by atoms with Gasteiger partial charge in [-0.05, 0) is 46.9 Å². The van der Waals surface area contributed by atoms with E-state index in [-0.39, 0.29) is 10.9 Å². The Balaban J connectivity index is 1.66. The van der Waals surface area contributed by atoms with Crippen LogP contribution in [0.5, 0.6) is 0 Å². The molecule has 0 aromatic heterocycles. The number of hydrogen-bond donors (Lipinski definition) is 2. The summed E-state index contributed by atoms with van der Waals surface area (Å²) in [4.78, 5) is 47.7. The van der Waals surface area contributed by atoms with E-state index in [9.17, 15) is 14.4 Å². The molecule has 1 aliphatic rings. The molecule has 2 amide bonds. The van der Waals surface area contributed by atoms with Crippen molar-refractivity contribution in [2.24, 2.45) is 5.90 Å². The van der Waals surface area contributed by atoms with Crippen LogP contribution in [0.25, 0.3) is 0 Å². The fourth-order valence-electron chi connectivity index (χ4n) is 5.39. The normalized spacial score (nSPS) is 17.0. The molecule has 0 spiro atoms. The van der Waals surface area contributed by atoms with Gasteiger partial charge in [0.25, 0.3) is 5.91 Å². The van der Waals surface area contributed by atoms with Crippen molar-refractivity contribution in [1.82, 2.24) is 10.2 Å². The van der Waals surface area contributed by atoms with Crippen molar-refractivity contribution < 1.29 is 19.2 Å². The lowest BCUT2D eigenvalue weighted by atomic mass is 9.77. The number of fused-ring (bicyclic) bond motifs is 1. The number of nitrogens with zero attached hydrogens (tertiary/aromatic N) is 1. The molecule has 0 saturated heterocycles. The Bertz CT molecular complexity index is 1570. The van der Waals surface area contributed by atoms with Crippen LogP contribution in [0.4, 0.5) is 0 Å². The summed E-state index contributed by atoms with van der Waals surface area (Å²) in [6, 6.07) is 27.9. The molecule has 3 N–H and O–H groups in total. The quantitative estimate of drug-likeness (QED) is 0.254. The molecule has 7 nitrogen and oxygen atoms in total. The summed E-state index contributed by atoms with van der Waals surface area (Å²) in [5, 5.41) is 3.67. The highest BCUT2D eigenvalue weighted by Crippen LogP contribution is 2.48. The van der Waals surface area contributed by atoms with E-state index in [0.29, 0.717) is 40.2 Å². The third-order valence-electron chi connectivity index (χ3n) is 7.23. The Kier molecular flexibility index (Phi) is 8.69. The van der Waals surface area contributed by atoms with Crippen molar-refractivity contribution in [3.63, 3.8) is 0 Å². The minimum Gasteiger partial charge on any atom is -0.371 e. The summed E-state index contributed by atoms with van der Waals surface area (Å²) < 4.78 is 0. The van der Waals surface area contributed by atoms with E-state index >= 15 is 0 Å². The molecule has 1 aliphatic heterocycles. The monoisotopic (exact) mass is 587 g/mol. The van der Waals surface area contributed by atoms with Gasteiger partial charge in [-0.25, -0.2) is 4.79 Å². The van der Waals surface area contributed by atoms with Gasteiger partial charge in [-0.1, -0.05) is 108 Å². The molecule has 9 heteroatoms. The highest BCUT2D eigenvalue weighted by Gasteiger charge is 2.49. The predicted molar refractivity (Wildman–Crippen MR) is 157 cm³/mol. The lowest BCUT2D eigenvalue weighted by molar-refractivity contribution is -0.151. The highest BCUT2D eigenvalue weighted by molar-refractivity contribution is 6.35. The summed E-state index contributed by atoms with van der Waals surface area (Å²) in [7, 11) is 0. The molecular weight excluding hydrogens is 561 g/mol. The zero-order chi connectivity index (χ0) is 28.9. The molecule has 0 bridgehead atoms. The van der Waals surface area contributed by atoms with Gasteiger partial charge < -0.3 is 15.1 Å². The number of nitrogens with two attached hydrogens (primary N) is 1. The molecular formula is C32H27Cl2N3O4. The lowest BCUT2D eigenvalue weighted by Gasteiger charge is -2.44. The largest absolute Gasteiger partial charge is 0.371 e. The lowest BCUT2D eigenvalue weighted by Crippen LogP contribution is -2.51. The summed E-state index contributed by atoms with van der Waals surface area (Å²) in [6.07, 6.45) is 0.613. The van der Waals surface area contributed by atoms with Crippen LogP contribution in [-0.4, -0.2) is 29.2 Å². The van der Waals surface area contributed by atoms with E-state index in [0.717, 1.165) is 5.56 Å². The third kappa shape index (κ3) is 5.84. The first-order valence-electron chi connectivity index (χ1n) is 13.0. The molecule has 0 fully saturated rings. The molecule has 0 radical (unpaired) electrons. The maximum Gasteiger partial charge on any atom is 0.352 e. The van der Waals surface area contributed by atoms with Crippen LogP contribution in [0.15, 0.2) is 103 Å². The van der Waals surface area contributed by atoms with Crippen molar-refractivity contribution in [3.8, 4) is 0 Å². The first-order valence-corrected chi connectivity index (χ1v) is 13.8. The maximum absolute atomic E-state index is 14.3. The molecule has 2 unspecified atom stereocenters. The van der Waals surface area contributed by atoms with Crippen molar-refractivity contribution in [1.29, 1.82) is 0 Å². The molecule has 0 saturated carbocycles.